The number of amides is 2. The molecular weight excluding hydrogens is 458 g/mol. The second kappa shape index (κ2) is 8.91. The lowest BCUT2D eigenvalue weighted by Gasteiger charge is -2.30. The van der Waals surface area contributed by atoms with Crippen LogP contribution >= 0.6 is 12.2 Å². The van der Waals surface area contributed by atoms with Crippen LogP contribution < -0.4 is 15.0 Å². The molecule has 0 bridgehead atoms. The number of rotatable bonds is 5. The van der Waals surface area contributed by atoms with Crippen LogP contribution in [0.1, 0.15) is 16.9 Å². The number of nitrogens with zero attached hydrogens (tertiary/aromatic N) is 2. The van der Waals surface area contributed by atoms with Crippen molar-refractivity contribution >= 4 is 46.6 Å². The van der Waals surface area contributed by atoms with Crippen LogP contribution in [0.5, 0.6) is 5.75 Å². The quantitative estimate of drug-likeness (QED) is 0.191. The molecule has 1 aromatic heterocycles. The minimum Gasteiger partial charge on any atom is -0.496 e. The van der Waals surface area contributed by atoms with Gasteiger partial charge in [-0.3, -0.25) is 29.9 Å². The Balaban J connectivity index is 1.69. The molecule has 2 aromatic carbocycles. The van der Waals surface area contributed by atoms with E-state index in [0.29, 0.717) is 17.0 Å². The average Bonchev–Trinajstić information content (AvgIpc) is 3.26. The van der Waals surface area contributed by atoms with Crippen molar-refractivity contribution in [3.05, 3.63) is 81.1 Å². The van der Waals surface area contributed by atoms with Gasteiger partial charge < -0.3 is 9.15 Å². The number of nitrogens with one attached hydrogen (secondary N) is 1. The molecule has 1 aliphatic heterocycles. The van der Waals surface area contributed by atoms with Crippen molar-refractivity contribution < 1.29 is 23.7 Å². The summed E-state index contributed by atoms with van der Waals surface area (Å²) in [6.45, 7) is 3.79. The highest BCUT2D eigenvalue weighted by Crippen LogP contribution is 2.35. The Kier molecular flexibility index (Phi) is 5.99. The van der Waals surface area contributed by atoms with E-state index in [1.807, 2.05) is 26.0 Å². The summed E-state index contributed by atoms with van der Waals surface area (Å²) in [6.07, 6.45) is 1.33. The number of aryl methyl sites for hydroxylation is 2. The van der Waals surface area contributed by atoms with E-state index in [0.717, 1.165) is 11.1 Å². The fourth-order valence-corrected chi connectivity index (χ4v) is 3.92. The number of carbonyl (C=O) groups is 2. The third kappa shape index (κ3) is 4.18. The van der Waals surface area contributed by atoms with E-state index < -0.39 is 16.7 Å². The molecule has 0 saturated carbocycles. The number of furan rings is 1. The number of benzene rings is 2. The maximum absolute atomic E-state index is 13.3. The highest BCUT2D eigenvalue weighted by molar-refractivity contribution is 7.80. The Morgan fingerprint density at radius 1 is 1.12 bits per heavy atom. The number of carbonyl (C=O) groups excluding carboxylic acids is 2. The minimum absolute atomic E-state index is 0.00477. The molecule has 0 unspecified atom stereocenters. The highest BCUT2D eigenvalue weighted by atomic mass is 32.1. The molecule has 9 nitrogen and oxygen atoms in total. The van der Waals surface area contributed by atoms with E-state index in [1.54, 1.807) is 18.2 Å². The summed E-state index contributed by atoms with van der Waals surface area (Å²) in [4.78, 5) is 37.6. The second-order valence-electron chi connectivity index (χ2n) is 7.59. The molecule has 34 heavy (non-hydrogen) atoms. The van der Waals surface area contributed by atoms with Gasteiger partial charge in [0.25, 0.3) is 17.5 Å². The van der Waals surface area contributed by atoms with Crippen molar-refractivity contribution in [3.63, 3.8) is 0 Å². The molecule has 0 radical (unpaired) electrons. The van der Waals surface area contributed by atoms with Gasteiger partial charge in [-0.05, 0) is 62.0 Å². The topological polar surface area (TPSA) is 115 Å². The molecule has 3 aromatic rings. The molecule has 2 amide bonds. The molecule has 1 saturated heterocycles. The van der Waals surface area contributed by atoms with E-state index in [2.05, 4.69) is 5.32 Å². The van der Waals surface area contributed by atoms with Gasteiger partial charge in [0.05, 0.1) is 29.4 Å². The summed E-state index contributed by atoms with van der Waals surface area (Å²) in [5.74, 6) is -0.375. The number of nitro benzene ring substituents is 1. The Hall–Kier alpha value is -4.31. The van der Waals surface area contributed by atoms with Crippen LogP contribution in [-0.4, -0.2) is 29.0 Å². The zero-order chi connectivity index (χ0) is 24.6. The van der Waals surface area contributed by atoms with Gasteiger partial charge in [-0.2, -0.15) is 0 Å². The van der Waals surface area contributed by atoms with Gasteiger partial charge in [-0.25, -0.2) is 0 Å². The molecule has 1 fully saturated rings. The summed E-state index contributed by atoms with van der Waals surface area (Å²) < 4.78 is 11.1. The van der Waals surface area contributed by atoms with E-state index in [4.69, 9.17) is 21.4 Å². The van der Waals surface area contributed by atoms with Gasteiger partial charge in [0.2, 0.25) is 0 Å². The number of ether oxygens (including phenoxy) is 1. The first-order valence-corrected chi connectivity index (χ1v) is 10.5. The monoisotopic (exact) mass is 477 g/mol. The summed E-state index contributed by atoms with van der Waals surface area (Å²) >= 11 is 5.26. The lowest BCUT2D eigenvalue weighted by atomic mass is 10.1. The van der Waals surface area contributed by atoms with Crippen LogP contribution in [0.2, 0.25) is 0 Å². The number of thiocarbonyl (C=S) groups is 1. The first-order valence-electron chi connectivity index (χ1n) is 10.1. The Morgan fingerprint density at radius 2 is 1.88 bits per heavy atom. The van der Waals surface area contributed by atoms with Crippen molar-refractivity contribution in [2.45, 2.75) is 13.8 Å². The lowest BCUT2D eigenvalue weighted by Crippen LogP contribution is -2.54. The zero-order valence-corrected chi connectivity index (χ0v) is 19.3. The van der Waals surface area contributed by atoms with Crippen molar-refractivity contribution in [1.82, 2.24) is 5.32 Å². The molecule has 10 heteroatoms. The van der Waals surface area contributed by atoms with Crippen LogP contribution in [0, 0.1) is 24.0 Å². The van der Waals surface area contributed by atoms with Gasteiger partial charge in [-0.1, -0.05) is 17.7 Å². The van der Waals surface area contributed by atoms with Crippen LogP contribution in [0.4, 0.5) is 11.4 Å². The summed E-state index contributed by atoms with van der Waals surface area (Å²) in [5, 5.41) is 13.6. The number of methoxy groups -OCH3 is 1. The maximum atomic E-state index is 13.3. The van der Waals surface area contributed by atoms with Gasteiger partial charge in [-0.15, -0.1) is 0 Å². The number of nitro groups is 1. The lowest BCUT2D eigenvalue weighted by molar-refractivity contribution is -0.384. The number of hydrogen-bond acceptors (Lipinski definition) is 7. The van der Waals surface area contributed by atoms with E-state index >= 15 is 0 Å². The van der Waals surface area contributed by atoms with Crippen molar-refractivity contribution in [1.29, 1.82) is 0 Å². The summed E-state index contributed by atoms with van der Waals surface area (Å²) in [5.41, 5.74) is 2.64. The molecule has 0 aliphatic carbocycles. The van der Waals surface area contributed by atoms with Gasteiger partial charge in [0, 0.05) is 6.07 Å². The molecule has 2 heterocycles. The van der Waals surface area contributed by atoms with Crippen molar-refractivity contribution in [2.24, 2.45) is 0 Å². The third-order valence-electron chi connectivity index (χ3n) is 5.27. The van der Waals surface area contributed by atoms with Crippen LogP contribution in [0.25, 0.3) is 17.4 Å². The highest BCUT2D eigenvalue weighted by Gasteiger charge is 2.35. The smallest absolute Gasteiger partial charge is 0.273 e. The predicted octanol–water partition coefficient (Wildman–Crippen LogP) is 4.31. The van der Waals surface area contributed by atoms with Gasteiger partial charge >= 0.3 is 0 Å². The third-order valence-corrected chi connectivity index (χ3v) is 5.55. The van der Waals surface area contributed by atoms with Crippen LogP contribution in [0.3, 0.4) is 0 Å². The average molecular weight is 477 g/mol. The van der Waals surface area contributed by atoms with E-state index in [1.165, 1.54) is 36.3 Å². The number of hydrogen-bond donors (Lipinski definition) is 1. The minimum atomic E-state index is -0.637. The zero-order valence-electron chi connectivity index (χ0n) is 18.4. The fraction of sp³-hybridized carbons (Fsp3) is 0.125. The molecular formula is C24H19N3O6S. The molecule has 0 spiro atoms. The second-order valence-corrected chi connectivity index (χ2v) is 7.98. The molecule has 1 N–H and O–H groups in total. The normalized spacial score (nSPS) is 15.0. The molecule has 4 rings (SSSR count). The summed E-state index contributed by atoms with van der Waals surface area (Å²) in [7, 11) is 1.39. The molecule has 172 valence electrons. The van der Waals surface area contributed by atoms with Crippen molar-refractivity contribution in [3.8, 4) is 17.1 Å². The molecule has 1 aliphatic rings. The predicted molar refractivity (Wildman–Crippen MR) is 129 cm³/mol. The van der Waals surface area contributed by atoms with E-state index in [-0.39, 0.29) is 27.9 Å². The Bertz CT molecular complexity index is 1390. The number of anilines is 1. The SMILES string of the molecule is COc1cc([N+](=O)[O-])ccc1-c1ccc(/C=C2\C(=O)NC(=S)N(c3ccc(C)cc3C)C2=O)o1. The largest absolute Gasteiger partial charge is 0.496 e. The standard InChI is InChI=1S/C24H19N3O6S/c1-13-4-8-19(14(2)10-13)26-23(29)18(22(28)25-24(26)34)12-16-6-9-20(33-16)17-7-5-15(27(30)31)11-21(17)32-3/h4-12H,1-3H3,(H,25,28,34)/b18-12+. The Morgan fingerprint density at radius 3 is 2.56 bits per heavy atom. The Labute approximate surface area is 199 Å². The van der Waals surface area contributed by atoms with Gasteiger partial charge in [0.15, 0.2) is 5.11 Å². The molecule has 0 atom stereocenters. The van der Waals surface area contributed by atoms with Crippen LogP contribution in [0.15, 0.2) is 58.5 Å². The summed E-state index contributed by atoms with van der Waals surface area (Å²) in [6, 6.07) is 12.9. The van der Waals surface area contributed by atoms with Gasteiger partial charge in [0.1, 0.15) is 22.8 Å². The first kappa shape index (κ1) is 22.9. The van der Waals surface area contributed by atoms with E-state index in [9.17, 15) is 19.7 Å². The number of non-ortho nitro benzene ring substituents is 1. The van der Waals surface area contributed by atoms with Crippen LogP contribution in [-0.2, 0) is 9.59 Å². The maximum Gasteiger partial charge on any atom is 0.273 e. The van der Waals surface area contributed by atoms with Crippen molar-refractivity contribution in [2.75, 3.05) is 12.0 Å². The first-order chi connectivity index (χ1) is 16.2. The fourth-order valence-electron chi connectivity index (χ4n) is 3.65.